The van der Waals surface area contributed by atoms with Crippen LogP contribution in [0, 0.1) is 27.2 Å². The number of nitro benzene ring substituents is 2. The maximum absolute atomic E-state index is 12.4. The van der Waals surface area contributed by atoms with Crippen LogP contribution < -0.4 is 5.43 Å². The number of nitrogens with zero attached hydrogens (tertiary/aromatic N) is 3. The van der Waals surface area contributed by atoms with Crippen molar-refractivity contribution >= 4 is 44.7 Å². The summed E-state index contributed by atoms with van der Waals surface area (Å²) in [6.45, 7) is 1.63. The number of anilines is 1. The number of hydrogen-bond donors (Lipinski definition) is 1. The summed E-state index contributed by atoms with van der Waals surface area (Å²) in [6, 6.07) is 17.1. The fraction of sp³-hybridized carbons (Fsp3) is 0.0909. The molecule has 10 nitrogen and oxygen atoms in total. The number of halogens is 1. The number of ether oxygens (including phenoxy) is 1. The van der Waals surface area contributed by atoms with Gasteiger partial charge in [-0.05, 0) is 37.3 Å². The number of hydrogen-bond acceptors (Lipinski definition) is 8. The lowest BCUT2D eigenvalue weighted by molar-refractivity contribution is -0.393. The first-order valence-electron chi connectivity index (χ1n) is 9.49. The molecule has 33 heavy (non-hydrogen) atoms. The molecular formula is C22H17BrN4O6. The second-order valence-corrected chi connectivity index (χ2v) is 7.75. The van der Waals surface area contributed by atoms with E-state index in [4.69, 9.17) is 4.74 Å². The van der Waals surface area contributed by atoms with Crippen LogP contribution in [0.25, 0.3) is 0 Å². The number of esters is 1. The van der Waals surface area contributed by atoms with Gasteiger partial charge in [0, 0.05) is 16.1 Å². The minimum absolute atomic E-state index is 0.0507. The molecule has 0 aliphatic heterocycles. The van der Waals surface area contributed by atoms with E-state index in [9.17, 15) is 25.0 Å². The van der Waals surface area contributed by atoms with Gasteiger partial charge in [-0.2, -0.15) is 5.10 Å². The molecule has 0 saturated heterocycles. The highest BCUT2D eigenvalue weighted by molar-refractivity contribution is 9.10. The van der Waals surface area contributed by atoms with E-state index in [0.717, 1.165) is 22.2 Å². The first-order valence-corrected chi connectivity index (χ1v) is 10.3. The van der Waals surface area contributed by atoms with Crippen molar-refractivity contribution in [1.29, 1.82) is 0 Å². The van der Waals surface area contributed by atoms with Crippen molar-refractivity contribution in [3.8, 4) is 0 Å². The van der Waals surface area contributed by atoms with Gasteiger partial charge < -0.3 is 4.74 Å². The van der Waals surface area contributed by atoms with Crippen molar-refractivity contribution in [2.75, 3.05) is 12.0 Å². The Morgan fingerprint density at radius 1 is 1.00 bits per heavy atom. The highest BCUT2D eigenvalue weighted by Gasteiger charge is 2.20. The Balaban J connectivity index is 1.88. The molecule has 0 radical (unpaired) electrons. The van der Waals surface area contributed by atoms with E-state index < -0.39 is 27.2 Å². The molecule has 3 rings (SSSR count). The lowest BCUT2D eigenvalue weighted by Gasteiger charge is -2.10. The summed E-state index contributed by atoms with van der Waals surface area (Å²) in [5, 5.41) is 26.5. The number of nitro groups is 2. The zero-order valence-corrected chi connectivity index (χ0v) is 18.8. The number of carbonyl (C=O) groups is 1. The maximum Gasteiger partial charge on any atom is 0.338 e. The van der Waals surface area contributed by atoms with Crippen LogP contribution in [-0.4, -0.2) is 28.1 Å². The normalized spacial score (nSPS) is 11.0. The molecule has 0 unspecified atom stereocenters. The predicted octanol–water partition coefficient (Wildman–Crippen LogP) is 5.25. The van der Waals surface area contributed by atoms with Gasteiger partial charge in [0.05, 0.1) is 21.5 Å². The monoisotopic (exact) mass is 512 g/mol. The van der Waals surface area contributed by atoms with E-state index in [-0.39, 0.29) is 18.0 Å². The Morgan fingerprint density at radius 2 is 1.73 bits per heavy atom. The van der Waals surface area contributed by atoms with E-state index in [1.165, 1.54) is 6.07 Å². The van der Waals surface area contributed by atoms with E-state index in [1.54, 1.807) is 42.5 Å². The molecule has 0 amide bonds. The number of hydrazone groups is 1. The summed E-state index contributed by atoms with van der Waals surface area (Å²) in [5.74, 6) is -0.551. The molecule has 3 aromatic rings. The van der Waals surface area contributed by atoms with Crippen LogP contribution >= 0.6 is 15.9 Å². The number of rotatable bonds is 8. The Bertz CT molecular complexity index is 1240. The van der Waals surface area contributed by atoms with Crippen molar-refractivity contribution in [2.24, 2.45) is 5.10 Å². The van der Waals surface area contributed by atoms with Crippen LogP contribution in [0.15, 0.2) is 76.3 Å². The van der Waals surface area contributed by atoms with Crippen molar-refractivity contribution in [3.05, 3.63) is 108 Å². The quantitative estimate of drug-likeness (QED) is 0.188. The lowest BCUT2D eigenvalue weighted by Crippen LogP contribution is -2.17. The molecule has 3 aromatic carbocycles. The molecule has 0 aliphatic carbocycles. The largest absolute Gasteiger partial charge is 0.455 e. The van der Waals surface area contributed by atoms with Gasteiger partial charge >= 0.3 is 11.7 Å². The molecule has 0 heterocycles. The number of benzene rings is 3. The summed E-state index contributed by atoms with van der Waals surface area (Å²) in [4.78, 5) is 33.3. The van der Waals surface area contributed by atoms with Crippen molar-refractivity contribution in [2.45, 2.75) is 6.92 Å². The van der Waals surface area contributed by atoms with Gasteiger partial charge in [-0.25, -0.2) is 4.79 Å². The van der Waals surface area contributed by atoms with E-state index >= 15 is 0 Å². The number of nitrogens with one attached hydrogen (secondary N) is 1. The summed E-state index contributed by atoms with van der Waals surface area (Å²) in [6.07, 6.45) is 0. The average molecular weight is 513 g/mol. The Kier molecular flexibility index (Phi) is 7.46. The second kappa shape index (κ2) is 10.5. The number of aryl methyl sites for hydroxylation is 1. The fourth-order valence-corrected chi connectivity index (χ4v) is 3.08. The Morgan fingerprint density at radius 3 is 2.36 bits per heavy atom. The first kappa shape index (κ1) is 23.5. The van der Waals surface area contributed by atoms with Gasteiger partial charge in [-0.3, -0.25) is 25.7 Å². The van der Waals surface area contributed by atoms with Crippen molar-refractivity contribution in [3.63, 3.8) is 0 Å². The van der Waals surface area contributed by atoms with Gasteiger partial charge in [0.1, 0.15) is 18.0 Å². The topological polar surface area (TPSA) is 137 Å². The number of non-ortho nitro benzene ring substituents is 1. The summed E-state index contributed by atoms with van der Waals surface area (Å²) in [5.41, 5.74) is 3.75. The molecule has 0 spiro atoms. The summed E-state index contributed by atoms with van der Waals surface area (Å²) >= 11 is 3.34. The smallest absolute Gasteiger partial charge is 0.338 e. The third-order valence-electron chi connectivity index (χ3n) is 4.47. The summed E-state index contributed by atoms with van der Waals surface area (Å²) < 4.78 is 6.22. The van der Waals surface area contributed by atoms with Crippen LogP contribution in [0.2, 0.25) is 0 Å². The molecule has 0 atom stereocenters. The Hall–Kier alpha value is -4.12. The van der Waals surface area contributed by atoms with Crippen LogP contribution in [-0.2, 0) is 4.74 Å². The average Bonchev–Trinajstić information content (AvgIpc) is 2.79. The van der Waals surface area contributed by atoms with Crippen molar-refractivity contribution < 1.29 is 19.4 Å². The molecule has 168 valence electrons. The maximum atomic E-state index is 12.4. The van der Waals surface area contributed by atoms with Crippen LogP contribution in [0.1, 0.15) is 21.5 Å². The minimum Gasteiger partial charge on any atom is -0.455 e. The van der Waals surface area contributed by atoms with Crippen molar-refractivity contribution in [1.82, 2.24) is 0 Å². The predicted molar refractivity (Wildman–Crippen MR) is 126 cm³/mol. The van der Waals surface area contributed by atoms with Gasteiger partial charge in [0.2, 0.25) is 0 Å². The van der Waals surface area contributed by atoms with E-state index in [0.29, 0.717) is 11.1 Å². The zero-order valence-electron chi connectivity index (χ0n) is 17.2. The van der Waals surface area contributed by atoms with Gasteiger partial charge in [-0.15, -0.1) is 0 Å². The standard InChI is InChI=1S/C22H17BrN4O6/c1-14-3-2-4-16(11-14)22(28)33-13-20(15-5-7-17(23)8-6-15)25-24-19-10-9-18(26(29)30)12-21(19)27(31)32/h2-12,24H,13H2,1H3/b25-20+. The number of carbonyl (C=O) groups excluding carboxylic acids is 1. The molecule has 0 saturated carbocycles. The summed E-state index contributed by atoms with van der Waals surface area (Å²) in [7, 11) is 0. The van der Waals surface area contributed by atoms with Gasteiger partial charge in [0.15, 0.2) is 0 Å². The first-order chi connectivity index (χ1) is 15.7. The van der Waals surface area contributed by atoms with Crippen LogP contribution in [0.3, 0.4) is 0 Å². The molecule has 11 heteroatoms. The molecule has 0 fully saturated rings. The van der Waals surface area contributed by atoms with Gasteiger partial charge in [-0.1, -0.05) is 45.8 Å². The van der Waals surface area contributed by atoms with E-state index in [1.807, 2.05) is 13.0 Å². The third kappa shape index (κ3) is 6.20. The highest BCUT2D eigenvalue weighted by atomic mass is 79.9. The lowest BCUT2D eigenvalue weighted by atomic mass is 10.1. The van der Waals surface area contributed by atoms with E-state index in [2.05, 4.69) is 26.5 Å². The van der Waals surface area contributed by atoms with Gasteiger partial charge in [0.25, 0.3) is 5.69 Å². The SMILES string of the molecule is Cc1cccc(C(=O)OC/C(=N\Nc2ccc([N+](=O)[O-])cc2[N+](=O)[O-])c2ccc(Br)cc2)c1. The van der Waals surface area contributed by atoms with Crippen LogP contribution in [0.5, 0.6) is 0 Å². The fourth-order valence-electron chi connectivity index (χ4n) is 2.82. The second-order valence-electron chi connectivity index (χ2n) is 6.84. The highest BCUT2D eigenvalue weighted by Crippen LogP contribution is 2.29. The molecule has 1 N–H and O–H groups in total. The minimum atomic E-state index is -0.748. The Labute approximate surface area is 196 Å². The zero-order chi connectivity index (χ0) is 24.0. The van der Waals surface area contributed by atoms with Crippen LogP contribution in [0.4, 0.5) is 17.1 Å². The molecule has 0 bridgehead atoms. The molecule has 0 aromatic heterocycles. The molecule has 0 aliphatic rings. The third-order valence-corrected chi connectivity index (χ3v) is 5.00. The molecular weight excluding hydrogens is 496 g/mol.